The number of allylic oxidation sites excluding steroid dienone is 8. The van der Waals surface area contributed by atoms with Gasteiger partial charge in [-0.2, -0.15) is 0 Å². The molecular formula is C65H118O6. The predicted molar refractivity (Wildman–Crippen MR) is 307 cm³/mol. The second-order valence-electron chi connectivity index (χ2n) is 21.0. The second-order valence-corrected chi connectivity index (χ2v) is 21.0. The van der Waals surface area contributed by atoms with Gasteiger partial charge in [-0.25, -0.2) is 0 Å². The molecule has 6 heteroatoms. The van der Waals surface area contributed by atoms with E-state index in [1.54, 1.807) is 0 Å². The van der Waals surface area contributed by atoms with Crippen molar-refractivity contribution in [2.24, 2.45) is 0 Å². The molecule has 0 rings (SSSR count). The van der Waals surface area contributed by atoms with Crippen LogP contribution >= 0.6 is 0 Å². The molecule has 0 aromatic heterocycles. The Morgan fingerprint density at radius 3 is 0.859 bits per heavy atom. The minimum absolute atomic E-state index is 0.0660. The molecule has 1 atom stereocenters. The first-order valence-electron chi connectivity index (χ1n) is 31.1. The molecule has 0 aliphatic carbocycles. The fraction of sp³-hybridized carbons (Fsp3) is 0.831. The molecule has 0 bridgehead atoms. The Balaban J connectivity index is 3.95. The van der Waals surface area contributed by atoms with E-state index in [0.717, 1.165) is 83.5 Å². The number of carbonyl (C=O) groups excluding carboxylic acids is 3. The Bertz CT molecular complexity index is 1230. The number of ether oxygens (including phenoxy) is 3. The Morgan fingerprint density at radius 1 is 0.296 bits per heavy atom. The molecule has 0 aliphatic rings. The van der Waals surface area contributed by atoms with Crippen molar-refractivity contribution in [3.8, 4) is 0 Å². The largest absolute Gasteiger partial charge is 0.462 e. The fourth-order valence-corrected chi connectivity index (χ4v) is 9.20. The molecular weight excluding hydrogens is 877 g/mol. The van der Waals surface area contributed by atoms with Crippen LogP contribution in [-0.2, 0) is 28.6 Å². The number of hydrogen-bond donors (Lipinski definition) is 0. The van der Waals surface area contributed by atoms with Gasteiger partial charge < -0.3 is 14.2 Å². The van der Waals surface area contributed by atoms with Gasteiger partial charge in [-0.1, -0.05) is 301 Å². The van der Waals surface area contributed by atoms with Crippen LogP contribution < -0.4 is 0 Å². The number of carbonyl (C=O) groups is 3. The van der Waals surface area contributed by atoms with E-state index in [1.807, 2.05) is 0 Å². The first-order chi connectivity index (χ1) is 35.0. The maximum atomic E-state index is 12.8. The summed E-state index contributed by atoms with van der Waals surface area (Å²) in [7, 11) is 0. The van der Waals surface area contributed by atoms with Gasteiger partial charge >= 0.3 is 17.9 Å². The number of rotatable bonds is 57. The van der Waals surface area contributed by atoms with Crippen LogP contribution in [0.25, 0.3) is 0 Å². The minimum Gasteiger partial charge on any atom is -0.462 e. The van der Waals surface area contributed by atoms with Crippen molar-refractivity contribution in [2.45, 2.75) is 335 Å². The van der Waals surface area contributed by atoms with Crippen LogP contribution in [0.5, 0.6) is 0 Å². The predicted octanol–water partition coefficient (Wildman–Crippen LogP) is 21.0. The summed E-state index contributed by atoms with van der Waals surface area (Å²) in [5.41, 5.74) is 0. The van der Waals surface area contributed by atoms with E-state index in [1.165, 1.54) is 205 Å². The summed E-state index contributed by atoms with van der Waals surface area (Å²) in [6, 6.07) is 0. The molecule has 0 saturated heterocycles. The zero-order valence-corrected chi connectivity index (χ0v) is 47.5. The van der Waals surface area contributed by atoms with Gasteiger partial charge in [0.15, 0.2) is 6.10 Å². The van der Waals surface area contributed by atoms with Crippen LogP contribution in [0.3, 0.4) is 0 Å². The molecule has 0 radical (unpaired) electrons. The molecule has 0 saturated carbocycles. The first-order valence-corrected chi connectivity index (χ1v) is 31.1. The molecule has 6 nitrogen and oxygen atoms in total. The van der Waals surface area contributed by atoms with Crippen LogP contribution in [0, 0.1) is 0 Å². The lowest BCUT2D eigenvalue weighted by molar-refractivity contribution is -0.167. The molecule has 0 amide bonds. The van der Waals surface area contributed by atoms with Gasteiger partial charge in [0.05, 0.1) is 0 Å². The summed E-state index contributed by atoms with van der Waals surface area (Å²) >= 11 is 0. The lowest BCUT2D eigenvalue weighted by atomic mass is 10.0. The quantitative estimate of drug-likeness (QED) is 0.0261. The van der Waals surface area contributed by atoms with Crippen molar-refractivity contribution in [1.82, 2.24) is 0 Å². The van der Waals surface area contributed by atoms with E-state index < -0.39 is 6.10 Å². The SMILES string of the molecule is CC/C=C\C/C=C\C/C=C\C/C=C\CCCCCCCCCCCCCCCCCCCCCCC(=O)OCC(COC(=O)CCCCCCCCCCC)OC(=O)CCCCCCCCCCCCC. The maximum Gasteiger partial charge on any atom is 0.306 e. The molecule has 0 heterocycles. The standard InChI is InChI=1S/C65H118O6/c1-4-7-10-13-16-19-21-22-23-24-25-26-27-28-29-30-31-32-33-34-35-36-37-38-39-40-41-42-44-46-49-52-55-58-64(67)70-61-62(60-69-63(66)57-54-51-48-45-18-15-12-9-6-3)71-65(68)59-56-53-50-47-43-20-17-14-11-8-5-2/h7,10,16,19,22-23,25-26,62H,4-6,8-9,11-15,17-18,20-21,24,27-61H2,1-3H3/b10-7-,19-16-,23-22-,26-25-. The highest BCUT2D eigenvalue weighted by molar-refractivity contribution is 5.71. The van der Waals surface area contributed by atoms with Crippen LogP contribution in [0.2, 0.25) is 0 Å². The highest BCUT2D eigenvalue weighted by atomic mass is 16.6. The van der Waals surface area contributed by atoms with E-state index >= 15 is 0 Å². The second kappa shape index (κ2) is 59.9. The van der Waals surface area contributed by atoms with Crippen LogP contribution in [0.15, 0.2) is 48.6 Å². The first kappa shape index (κ1) is 68.4. The topological polar surface area (TPSA) is 78.9 Å². The van der Waals surface area contributed by atoms with Crippen LogP contribution in [-0.4, -0.2) is 37.2 Å². The average Bonchev–Trinajstić information content (AvgIpc) is 3.37. The lowest BCUT2D eigenvalue weighted by Crippen LogP contribution is -2.30. The van der Waals surface area contributed by atoms with Gasteiger partial charge in [-0.3, -0.25) is 14.4 Å². The van der Waals surface area contributed by atoms with E-state index in [9.17, 15) is 14.4 Å². The maximum absolute atomic E-state index is 12.8. The summed E-state index contributed by atoms with van der Waals surface area (Å²) in [6.45, 7) is 6.54. The summed E-state index contributed by atoms with van der Waals surface area (Å²) < 4.78 is 16.8. The summed E-state index contributed by atoms with van der Waals surface area (Å²) in [4.78, 5) is 38.0. The third-order valence-electron chi connectivity index (χ3n) is 13.8. The van der Waals surface area contributed by atoms with Crippen LogP contribution in [0.4, 0.5) is 0 Å². The molecule has 0 N–H and O–H groups in total. The van der Waals surface area contributed by atoms with Crippen molar-refractivity contribution in [1.29, 1.82) is 0 Å². The van der Waals surface area contributed by atoms with Crippen molar-refractivity contribution >= 4 is 17.9 Å². The molecule has 0 spiro atoms. The Labute approximate surface area is 441 Å². The van der Waals surface area contributed by atoms with Crippen molar-refractivity contribution < 1.29 is 28.6 Å². The van der Waals surface area contributed by atoms with E-state index in [0.29, 0.717) is 19.3 Å². The van der Waals surface area contributed by atoms with E-state index in [2.05, 4.69) is 69.4 Å². The van der Waals surface area contributed by atoms with Crippen molar-refractivity contribution in [3.63, 3.8) is 0 Å². The third kappa shape index (κ3) is 58.1. The number of hydrogen-bond acceptors (Lipinski definition) is 6. The molecule has 0 aliphatic heterocycles. The number of unbranched alkanes of at least 4 members (excludes halogenated alkanes) is 38. The highest BCUT2D eigenvalue weighted by Gasteiger charge is 2.19. The zero-order chi connectivity index (χ0) is 51.4. The van der Waals surface area contributed by atoms with Crippen molar-refractivity contribution in [2.75, 3.05) is 13.2 Å². The smallest absolute Gasteiger partial charge is 0.306 e. The molecule has 1 unspecified atom stereocenters. The molecule has 0 aromatic carbocycles. The van der Waals surface area contributed by atoms with Gasteiger partial charge in [0.1, 0.15) is 13.2 Å². The summed E-state index contributed by atoms with van der Waals surface area (Å²) in [5, 5.41) is 0. The third-order valence-corrected chi connectivity index (χ3v) is 13.8. The fourth-order valence-electron chi connectivity index (χ4n) is 9.20. The Morgan fingerprint density at radius 2 is 0.549 bits per heavy atom. The van der Waals surface area contributed by atoms with Gasteiger partial charge in [-0.05, 0) is 57.8 Å². The minimum atomic E-state index is -0.764. The van der Waals surface area contributed by atoms with Crippen LogP contribution in [0.1, 0.15) is 329 Å². The average molecular weight is 996 g/mol. The molecule has 71 heavy (non-hydrogen) atoms. The lowest BCUT2D eigenvalue weighted by Gasteiger charge is -2.18. The van der Waals surface area contributed by atoms with Gasteiger partial charge in [-0.15, -0.1) is 0 Å². The zero-order valence-electron chi connectivity index (χ0n) is 47.5. The highest BCUT2D eigenvalue weighted by Crippen LogP contribution is 2.17. The normalized spacial score (nSPS) is 12.3. The molecule has 0 aromatic rings. The molecule has 0 fully saturated rings. The van der Waals surface area contributed by atoms with Gasteiger partial charge in [0, 0.05) is 19.3 Å². The molecule has 414 valence electrons. The Hall–Kier alpha value is -2.63. The Kier molecular flexibility index (Phi) is 57.7. The summed E-state index contributed by atoms with van der Waals surface area (Å²) in [5.74, 6) is -0.851. The van der Waals surface area contributed by atoms with Crippen molar-refractivity contribution in [3.05, 3.63) is 48.6 Å². The summed E-state index contributed by atoms with van der Waals surface area (Å²) in [6.07, 6.45) is 74.4. The number of esters is 3. The van der Waals surface area contributed by atoms with E-state index in [4.69, 9.17) is 14.2 Å². The van der Waals surface area contributed by atoms with Gasteiger partial charge in [0.25, 0.3) is 0 Å². The van der Waals surface area contributed by atoms with Gasteiger partial charge in [0.2, 0.25) is 0 Å². The monoisotopic (exact) mass is 995 g/mol. The van der Waals surface area contributed by atoms with E-state index in [-0.39, 0.29) is 31.1 Å².